The number of carbonyl (C=O) groups excluding carboxylic acids is 3. The summed E-state index contributed by atoms with van der Waals surface area (Å²) in [4.78, 5) is 46.7. The molecule has 39 heavy (non-hydrogen) atoms. The predicted molar refractivity (Wildman–Crippen MR) is 135 cm³/mol. The molecule has 1 aromatic heterocycles. The van der Waals surface area contributed by atoms with Gasteiger partial charge in [0, 0.05) is 32.5 Å². The van der Waals surface area contributed by atoms with Crippen molar-refractivity contribution < 1.29 is 37.5 Å². The highest BCUT2D eigenvalue weighted by Gasteiger charge is 2.41. The Hall–Kier alpha value is -4.13. The van der Waals surface area contributed by atoms with E-state index < -0.39 is 44.2 Å². The largest absolute Gasteiger partial charge is 0.490 e. The van der Waals surface area contributed by atoms with Crippen LogP contribution in [-0.2, 0) is 36.5 Å². The number of ether oxygens (including phenoxy) is 1. The van der Waals surface area contributed by atoms with Crippen molar-refractivity contribution in [2.45, 2.75) is 33.0 Å². The zero-order chi connectivity index (χ0) is 28.2. The molecule has 0 radical (unpaired) electrons. The molecule has 1 aliphatic heterocycles. The molecule has 0 saturated carbocycles. The van der Waals surface area contributed by atoms with E-state index in [1.54, 1.807) is 24.4 Å². The van der Waals surface area contributed by atoms with Crippen LogP contribution in [0.25, 0.3) is 11.1 Å². The molecule has 0 spiro atoms. The third-order valence-electron chi connectivity index (χ3n) is 5.80. The number of cyclic esters (lactones) is 1. The van der Waals surface area contributed by atoms with Gasteiger partial charge in [0.25, 0.3) is 0 Å². The molecule has 3 aromatic rings. The summed E-state index contributed by atoms with van der Waals surface area (Å²) in [6.07, 6.45) is -0.214. The maximum atomic E-state index is 15.1. The van der Waals surface area contributed by atoms with Gasteiger partial charge in [-0.05, 0) is 29.3 Å². The number of aromatic amines is 1. The standard InChI is InChI=1S/C24H26FN6O7P/c1-15(32)31(39(35,36)38-16(2)33)14-21-13-30(24(34)37-21)20-7-8-22(23(25)9-20)18-5-3-17(4-6-18)10-26-11-19-12-27-29-28-19/h3-9,12,21,26H,10-11,13-14H2,1-2H3,(H,35,36)(H,27,28,29)/t21-/m1/s1. The lowest BCUT2D eigenvalue weighted by molar-refractivity contribution is -0.134. The summed E-state index contributed by atoms with van der Waals surface area (Å²) in [5.41, 5.74) is 2.95. The first-order chi connectivity index (χ1) is 18.5. The maximum Gasteiger partial charge on any atom is 0.490 e. The summed E-state index contributed by atoms with van der Waals surface area (Å²) in [5.74, 6) is -2.48. The molecular weight excluding hydrogens is 534 g/mol. The second kappa shape index (κ2) is 11.7. The third-order valence-corrected chi connectivity index (χ3v) is 7.35. The number of nitrogens with zero attached hydrogens (tertiary/aromatic N) is 4. The average molecular weight is 560 g/mol. The molecular formula is C24H26FN6O7P. The number of anilines is 1. The van der Waals surface area contributed by atoms with Crippen molar-refractivity contribution in [2.24, 2.45) is 0 Å². The monoisotopic (exact) mass is 560 g/mol. The summed E-state index contributed by atoms with van der Waals surface area (Å²) >= 11 is 0. The SMILES string of the molecule is CC(=O)OP(=O)(O)N(C[C@H]1CN(c2ccc(-c3ccc(CNCc4cn[nH]n4)cc3)c(F)c2)C(=O)O1)C(C)=O. The summed E-state index contributed by atoms with van der Waals surface area (Å²) in [6, 6.07) is 11.6. The number of nitrogens with one attached hydrogen (secondary N) is 2. The van der Waals surface area contributed by atoms with Gasteiger partial charge in [-0.15, -0.1) is 0 Å². The van der Waals surface area contributed by atoms with Crippen LogP contribution in [0.4, 0.5) is 14.9 Å². The van der Waals surface area contributed by atoms with Crippen molar-refractivity contribution >= 4 is 31.4 Å². The fourth-order valence-corrected chi connectivity index (χ4v) is 5.18. The van der Waals surface area contributed by atoms with Gasteiger partial charge < -0.3 is 14.6 Å². The number of benzene rings is 2. The number of carbonyl (C=O) groups is 3. The van der Waals surface area contributed by atoms with E-state index in [0.717, 1.165) is 30.0 Å². The molecule has 2 aromatic carbocycles. The quantitative estimate of drug-likeness (QED) is 0.314. The number of hydrogen-bond donors (Lipinski definition) is 3. The number of aromatic nitrogens is 3. The van der Waals surface area contributed by atoms with E-state index in [-0.39, 0.29) is 12.2 Å². The van der Waals surface area contributed by atoms with Crippen LogP contribution in [-0.4, -0.2) is 62.1 Å². The lowest BCUT2D eigenvalue weighted by Crippen LogP contribution is -2.36. The van der Waals surface area contributed by atoms with Crippen LogP contribution in [0.15, 0.2) is 48.7 Å². The van der Waals surface area contributed by atoms with E-state index in [9.17, 15) is 23.8 Å². The topological polar surface area (TPSA) is 167 Å². The lowest BCUT2D eigenvalue weighted by atomic mass is 10.0. The van der Waals surface area contributed by atoms with Crippen LogP contribution in [0.1, 0.15) is 25.1 Å². The minimum atomic E-state index is -4.80. The summed E-state index contributed by atoms with van der Waals surface area (Å²) < 4.78 is 37.5. The van der Waals surface area contributed by atoms with Crippen molar-refractivity contribution in [1.82, 2.24) is 25.4 Å². The van der Waals surface area contributed by atoms with Crippen LogP contribution >= 0.6 is 7.75 Å². The van der Waals surface area contributed by atoms with Gasteiger partial charge in [-0.25, -0.2) is 18.4 Å². The minimum Gasteiger partial charge on any atom is -0.442 e. The fraction of sp³-hybridized carbons (Fsp3) is 0.292. The number of H-pyrrole nitrogens is 1. The second-order valence-electron chi connectivity index (χ2n) is 8.72. The third kappa shape index (κ3) is 6.85. The Morgan fingerprint density at radius 3 is 2.62 bits per heavy atom. The zero-order valence-corrected chi connectivity index (χ0v) is 21.9. The molecule has 2 amide bonds. The van der Waals surface area contributed by atoms with Crippen molar-refractivity contribution in [3.05, 3.63) is 65.7 Å². The first-order valence-corrected chi connectivity index (χ1v) is 13.3. The van der Waals surface area contributed by atoms with Gasteiger partial charge in [-0.2, -0.15) is 15.4 Å². The normalized spacial score (nSPS) is 16.5. The average Bonchev–Trinajstić information content (AvgIpc) is 3.51. The van der Waals surface area contributed by atoms with E-state index in [0.29, 0.717) is 28.9 Å². The minimum absolute atomic E-state index is 0.127. The molecule has 0 aliphatic carbocycles. The number of amides is 2. The Kier molecular flexibility index (Phi) is 8.38. The molecule has 0 bridgehead atoms. The Bertz CT molecular complexity index is 1400. The summed E-state index contributed by atoms with van der Waals surface area (Å²) in [5, 5.41) is 13.5. The van der Waals surface area contributed by atoms with Crippen molar-refractivity contribution in [3.8, 4) is 11.1 Å². The first-order valence-electron chi connectivity index (χ1n) is 11.8. The van der Waals surface area contributed by atoms with Gasteiger partial charge in [0.1, 0.15) is 11.9 Å². The van der Waals surface area contributed by atoms with Gasteiger partial charge in [-0.1, -0.05) is 24.3 Å². The van der Waals surface area contributed by atoms with Gasteiger partial charge in [0.2, 0.25) is 5.91 Å². The van der Waals surface area contributed by atoms with E-state index in [1.165, 1.54) is 12.1 Å². The van der Waals surface area contributed by atoms with E-state index in [4.69, 9.17) is 4.74 Å². The van der Waals surface area contributed by atoms with Crippen LogP contribution in [0, 0.1) is 5.82 Å². The molecule has 1 saturated heterocycles. The molecule has 3 N–H and O–H groups in total. The lowest BCUT2D eigenvalue weighted by Gasteiger charge is -2.26. The molecule has 1 unspecified atom stereocenters. The molecule has 1 aliphatic rings. The zero-order valence-electron chi connectivity index (χ0n) is 21.0. The van der Waals surface area contributed by atoms with Crippen LogP contribution in [0.2, 0.25) is 0 Å². The highest BCUT2D eigenvalue weighted by molar-refractivity contribution is 7.51. The fourth-order valence-electron chi connectivity index (χ4n) is 4.00. The predicted octanol–water partition coefficient (Wildman–Crippen LogP) is 2.74. The van der Waals surface area contributed by atoms with E-state index in [1.807, 2.05) is 12.1 Å². The van der Waals surface area contributed by atoms with Gasteiger partial charge in [0.05, 0.1) is 30.7 Å². The highest BCUT2D eigenvalue weighted by Crippen LogP contribution is 2.47. The number of rotatable bonds is 10. The Morgan fingerprint density at radius 1 is 1.26 bits per heavy atom. The van der Waals surface area contributed by atoms with Gasteiger partial charge >= 0.3 is 19.8 Å². The van der Waals surface area contributed by atoms with E-state index >= 15 is 4.39 Å². The number of halogens is 1. The smallest absolute Gasteiger partial charge is 0.442 e. The summed E-state index contributed by atoms with van der Waals surface area (Å²) in [6.45, 7) is 2.44. The Morgan fingerprint density at radius 2 is 2.00 bits per heavy atom. The summed E-state index contributed by atoms with van der Waals surface area (Å²) in [7, 11) is -4.80. The molecule has 15 heteroatoms. The van der Waals surface area contributed by atoms with Crippen molar-refractivity contribution in [2.75, 3.05) is 18.0 Å². The van der Waals surface area contributed by atoms with Gasteiger partial charge in [-0.3, -0.25) is 19.4 Å². The van der Waals surface area contributed by atoms with E-state index in [2.05, 4.69) is 25.3 Å². The maximum absolute atomic E-state index is 15.1. The molecule has 4 rings (SSSR count). The van der Waals surface area contributed by atoms with Crippen molar-refractivity contribution in [1.29, 1.82) is 0 Å². The van der Waals surface area contributed by atoms with Crippen molar-refractivity contribution in [3.63, 3.8) is 0 Å². The Balaban J connectivity index is 1.40. The van der Waals surface area contributed by atoms with Crippen LogP contribution in [0.5, 0.6) is 0 Å². The molecule has 2 heterocycles. The van der Waals surface area contributed by atoms with Crippen LogP contribution in [0.3, 0.4) is 0 Å². The molecule has 1 fully saturated rings. The molecule has 206 valence electrons. The molecule has 2 atom stereocenters. The molecule has 13 nitrogen and oxygen atoms in total. The highest BCUT2D eigenvalue weighted by atomic mass is 31.2. The van der Waals surface area contributed by atoms with Crippen LogP contribution < -0.4 is 10.2 Å². The van der Waals surface area contributed by atoms with Gasteiger partial charge in [0.15, 0.2) is 0 Å². The number of hydrogen-bond acceptors (Lipinski definition) is 9. The second-order valence-corrected chi connectivity index (χ2v) is 10.4. The first kappa shape index (κ1) is 27.9. The Labute approximate surface area is 222 Å².